The van der Waals surface area contributed by atoms with Crippen molar-refractivity contribution in [3.05, 3.63) is 30.1 Å². The third kappa shape index (κ3) is 3.54. The largest absolute Gasteiger partial charge is 0.351 e. The number of carbonyl (C=O) groups is 2. The van der Waals surface area contributed by atoms with Crippen molar-refractivity contribution < 1.29 is 14.0 Å². The van der Waals surface area contributed by atoms with Gasteiger partial charge >= 0.3 is 6.03 Å². The fourth-order valence-electron chi connectivity index (χ4n) is 1.01. The molecule has 0 radical (unpaired) electrons. The van der Waals surface area contributed by atoms with E-state index >= 15 is 0 Å². The van der Waals surface area contributed by atoms with Gasteiger partial charge in [-0.25, -0.2) is 9.18 Å². The molecule has 0 spiro atoms. The fraction of sp³-hybridized carbons (Fsp3) is 0.200. The number of nitrogens with one attached hydrogen (secondary N) is 1. The lowest BCUT2D eigenvalue weighted by atomic mass is 10.3. The number of rotatable bonds is 3. The molecule has 0 heterocycles. The summed E-state index contributed by atoms with van der Waals surface area (Å²) in [7, 11) is 0. The van der Waals surface area contributed by atoms with Crippen LogP contribution in [0.15, 0.2) is 29.2 Å². The van der Waals surface area contributed by atoms with Crippen LogP contribution in [0.2, 0.25) is 0 Å². The van der Waals surface area contributed by atoms with Crippen molar-refractivity contribution in [3.63, 3.8) is 0 Å². The lowest BCUT2D eigenvalue weighted by Crippen LogP contribution is -2.39. The molecule has 1 rings (SSSR count). The zero-order valence-corrected chi connectivity index (χ0v) is 9.38. The molecule has 0 aromatic heterocycles. The number of benzene rings is 1. The summed E-state index contributed by atoms with van der Waals surface area (Å²) >= 11 is 1.03. The highest BCUT2D eigenvalue weighted by Gasteiger charge is 2.17. The first-order chi connectivity index (χ1) is 7.50. The van der Waals surface area contributed by atoms with E-state index in [4.69, 9.17) is 5.73 Å². The van der Waals surface area contributed by atoms with Crippen LogP contribution in [0.4, 0.5) is 9.18 Å². The Labute approximate surface area is 96.4 Å². The van der Waals surface area contributed by atoms with E-state index in [1.165, 1.54) is 6.07 Å². The Morgan fingerprint density at radius 2 is 2.06 bits per heavy atom. The van der Waals surface area contributed by atoms with E-state index in [9.17, 15) is 14.0 Å². The summed E-state index contributed by atoms with van der Waals surface area (Å²) in [5.41, 5.74) is 4.80. The number of halogens is 1. The van der Waals surface area contributed by atoms with Crippen LogP contribution in [-0.4, -0.2) is 17.2 Å². The number of urea groups is 1. The van der Waals surface area contributed by atoms with Gasteiger partial charge in [0.1, 0.15) is 5.82 Å². The molecular weight excluding hydrogens is 231 g/mol. The second-order valence-corrected chi connectivity index (χ2v) is 4.43. The highest BCUT2D eigenvalue weighted by atomic mass is 32.2. The molecule has 1 aromatic carbocycles. The average molecular weight is 242 g/mol. The van der Waals surface area contributed by atoms with Crippen molar-refractivity contribution in [3.8, 4) is 0 Å². The predicted molar refractivity (Wildman–Crippen MR) is 59.4 cm³/mol. The van der Waals surface area contributed by atoms with E-state index < -0.39 is 23.0 Å². The molecular formula is C10H11FN2O2S. The molecule has 3 N–H and O–H groups in total. The molecule has 0 saturated carbocycles. The Balaban J connectivity index is 2.64. The minimum Gasteiger partial charge on any atom is -0.351 e. The highest BCUT2D eigenvalue weighted by molar-refractivity contribution is 8.00. The van der Waals surface area contributed by atoms with Crippen LogP contribution < -0.4 is 11.1 Å². The van der Waals surface area contributed by atoms with Gasteiger partial charge in [-0.3, -0.25) is 10.1 Å². The SMILES string of the molecule is C[C@@H](Sc1ccccc1F)C(=O)NC(N)=O. The number of hydrogen-bond donors (Lipinski definition) is 2. The lowest BCUT2D eigenvalue weighted by molar-refractivity contribution is -0.119. The number of imide groups is 1. The summed E-state index contributed by atoms with van der Waals surface area (Å²) in [6.45, 7) is 1.56. The van der Waals surface area contributed by atoms with Gasteiger partial charge in [0, 0.05) is 4.90 Å². The minimum atomic E-state index is -0.911. The second-order valence-electron chi connectivity index (χ2n) is 3.04. The van der Waals surface area contributed by atoms with Crippen LogP contribution in [0.3, 0.4) is 0 Å². The monoisotopic (exact) mass is 242 g/mol. The quantitative estimate of drug-likeness (QED) is 0.789. The Hall–Kier alpha value is -1.56. The molecule has 0 saturated heterocycles. The minimum absolute atomic E-state index is 0.356. The van der Waals surface area contributed by atoms with Crippen LogP contribution in [0.25, 0.3) is 0 Å². The number of amides is 3. The summed E-state index contributed by atoms with van der Waals surface area (Å²) in [5.74, 6) is -0.938. The van der Waals surface area contributed by atoms with Crippen LogP contribution >= 0.6 is 11.8 Å². The smallest absolute Gasteiger partial charge is 0.318 e. The van der Waals surface area contributed by atoms with Gasteiger partial charge in [-0.2, -0.15) is 0 Å². The maximum Gasteiger partial charge on any atom is 0.318 e. The van der Waals surface area contributed by atoms with E-state index in [-0.39, 0.29) is 0 Å². The topological polar surface area (TPSA) is 72.2 Å². The van der Waals surface area contributed by atoms with Gasteiger partial charge in [0.05, 0.1) is 5.25 Å². The third-order valence-electron chi connectivity index (χ3n) is 1.76. The van der Waals surface area contributed by atoms with Crippen molar-refractivity contribution >= 4 is 23.7 Å². The first kappa shape index (κ1) is 12.5. The summed E-state index contributed by atoms with van der Waals surface area (Å²) in [5, 5.41) is 1.35. The van der Waals surface area contributed by atoms with Crippen LogP contribution in [0, 0.1) is 5.82 Å². The van der Waals surface area contributed by atoms with E-state index in [1.54, 1.807) is 25.1 Å². The zero-order valence-electron chi connectivity index (χ0n) is 8.57. The Kier molecular flexibility index (Phi) is 4.30. The molecule has 86 valence electrons. The lowest BCUT2D eigenvalue weighted by Gasteiger charge is -2.10. The molecule has 1 aromatic rings. The number of hydrogen-bond acceptors (Lipinski definition) is 3. The van der Waals surface area contributed by atoms with Crippen LogP contribution in [0.1, 0.15) is 6.92 Å². The molecule has 6 heteroatoms. The third-order valence-corrected chi connectivity index (χ3v) is 2.91. The number of primary amides is 1. The van der Waals surface area contributed by atoms with Gasteiger partial charge in [0.25, 0.3) is 0 Å². The molecule has 1 atom stereocenters. The number of thioether (sulfide) groups is 1. The van der Waals surface area contributed by atoms with Gasteiger partial charge in [0.15, 0.2) is 0 Å². The molecule has 0 fully saturated rings. The van der Waals surface area contributed by atoms with E-state index in [2.05, 4.69) is 0 Å². The van der Waals surface area contributed by atoms with Crippen LogP contribution in [0.5, 0.6) is 0 Å². The predicted octanol–water partition coefficient (Wildman–Crippen LogP) is 1.50. The second kappa shape index (κ2) is 5.50. The Morgan fingerprint density at radius 1 is 1.44 bits per heavy atom. The summed E-state index contributed by atoms with van der Waals surface area (Å²) in [6, 6.07) is 5.19. The normalized spacial score (nSPS) is 11.9. The maximum absolute atomic E-state index is 13.2. The molecule has 0 aliphatic heterocycles. The standard InChI is InChI=1S/C10H11FN2O2S/c1-6(9(14)13-10(12)15)16-8-5-3-2-4-7(8)11/h2-6H,1H3,(H3,12,13,14,15)/t6-/m1/s1. The molecule has 4 nitrogen and oxygen atoms in total. The van der Waals surface area contributed by atoms with Gasteiger partial charge in [0.2, 0.25) is 5.91 Å². The summed E-state index contributed by atoms with van der Waals surface area (Å²) in [6.07, 6.45) is 0. The molecule has 0 unspecified atom stereocenters. The van der Waals surface area contributed by atoms with Crippen molar-refractivity contribution in [1.29, 1.82) is 0 Å². The summed E-state index contributed by atoms with van der Waals surface area (Å²) < 4.78 is 13.2. The fourth-order valence-corrected chi connectivity index (χ4v) is 1.89. The number of carbonyl (C=O) groups excluding carboxylic acids is 2. The van der Waals surface area contributed by atoms with Crippen molar-refractivity contribution in [2.75, 3.05) is 0 Å². The van der Waals surface area contributed by atoms with E-state index in [0.717, 1.165) is 11.8 Å². The van der Waals surface area contributed by atoms with Crippen LogP contribution in [-0.2, 0) is 4.79 Å². The number of nitrogens with two attached hydrogens (primary N) is 1. The summed E-state index contributed by atoms with van der Waals surface area (Å²) in [4.78, 5) is 22.1. The van der Waals surface area contributed by atoms with Gasteiger partial charge < -0.3 is 5.73 Å². The average Bonchev–Trinajstić information content (AvgIpc) is 2.20. The van der Waals surface area contributed by atoms with Crippen molar-refractivity contribution in [1.82, 2.24) is 5.32 Å². The molecule has 3 amide bonds. The molecule has 0 bridgehead atoms. The molecule has 0 aliphatic carbocycles. The molecule has 16 heavy (non-hydrogen) atoms. The van der Waals surface area contributed by atoms with Gasteiger partial charge in [-0.1, -0.05) is 12.1 Å². The van der Waals surface area contributed by atoms with Crippen molar-refractivity contribution in [2.45, 2.75) is 17.1 Å². The van der Waals surface area contributed by atoms with Gasteiger partial charge in [-0.15, -0.1) is 11.8 Å². The zero-order chi connectivity index (χ0) is 12.1. The van der Waals surface area contributed by atoms with E-state index in [1.807, 2.05) is 5.32 Å². The first-order valence-electron chi connectivity index (χ1n) is 4.52. The highest BCUT2D eigenvalue weighted by Crippen LogP contribution is 2.25. The Morgan fingerprint density at radius 3 is 2.62 bits per heavy atom. The van der Waals surface area contributed by atoms with Crippen molar-refractivity contribution in [2.24, 2.45) is 5.73 Å². The Bertz CT molecular complexity index is 412. The van der Waals surface area contributed by atoms with Gasteiger partial charge in [-0.05, 0) is 19.1 Å². The van der Waals surface area contributed by atoms with E-state index in [0.29, 0.717) is 4.90 Å². The maximum atomic E-state index is 13.2. The first-order valence-corrected chi connectivity index (χ1v) is 5.40. The molecule has 0 aliphatic rings.